The molecule has 0 unspecified atom stereocenters. The Kier molecular flexibility index (Phi) is 2.49. The summed E-state index contributed by atoms with van der Waals surface area (Å²) in [5.41, 5.74) is 2.36. The average molecular weight is 278 g/mol. The Labute approximate surface area is 111 Å². The van der Waals surface area contributed by atoms with Crippen molar-refractivity contribution >= 4 is 28.3 Å². The van der Waals surface area contributed by atoms with Gasteiger partial charge in [-0.05, 0) is 24.6 Å². The Morgan fingerprint density at radius 3 is 2.95 bits per heavy atom. The number of rotatable bonds is 2. The highest BCUT2D eigenvalue weighted by Crippen LogP contribution is 2.28. The average Bonchev–Trinajstić information content (AvgIpc) is 2.95. The van der Waals surface area contributed by atoms with Gasteiger partial charge in [-0.2, -0.15) is 5.10 Å². The van der Waals surface area contributed by atoms with Crippen LogP contribution in [0.1, 0.15) is 5.56 Å². The summed E-state index contributed by atoms with van der Waals surface area (Å²) in [5.74, 6) is 0.338. The van der Waals surface area contributed by atoms with Crippen molar-refractivity contribution in [2.45, 2.75) is 6.92 Å². The van der Waals surface area contributed by atoms with Gasteiger partial charge in [0, 0.05) is 5.02 Å². The van der Waals surface area contributed by atoms with Crippen LogP contribution in [0.5, 0.6) is 0 Å². The fraction of sp³-hybridized carbons (Fsp3) is 0.0909. The lowest BCUT2D eigenvalue weighted by Crippen LogP contribution is -1.90. The zero-order chi connectivity index (χ0) is 13.6. The van der Waals surface area contributed by atoms with Crippen LogP contribution < -0.4 is 0 Å². The number of fused-ring (bicyclic) bond motifs is 1. The van der Waals surface area contributed by atoms with Gasteiger partial charge in [0.25, 0.3) is 0 Å². The summed E-state index contributed by atoms with van der Waals surface area (Å²) in [6, 6.07) is 3.55. The van der Waals surface area contributed by atoms with E-state index >= 15 is 0 Å². The molecule has 3 rings (SSSR count). The Morgan fingerprint density at radius 2 is 2.21 bits per heavy atom. The third kappa shape index (κ3) is 1.84. The van der Waals surface area contributed by atoms with Crippen LogP contribution in [-0.2, 0) is 0 Å². The molecule has 0 saturated heterocycles. The molecule has 0 aliphatic rings. The van der Waals surface area contributed by atoms with Crippen molar-refractivity contribution in [1.82, 2.24) is 20.2 Å². The number of imidazole rings is 1. The lowest BCUT2D eigenvalue weighted by molar-refractivity contribution is -0.384. The summed E-state index contributed by atoms with van der Waals surface area (Å²) < 4.78 is 0. The molecule has 2 aromatic heterocycles. The number of hydrogen-bond donors (Lipinski definition) is 2. The number of nitrogens with zero attached hydrogens (tertiary/aromatic N) is 3. The van der Waals surface area contributed by atoms with Crippen molar-refractivity contribution in [1.29, 1.82) is 0 Å². The first-order valence-electron chi connectivity index (χ1n) is 5.40. The van der Waals surface area contributed by atoms with Crippen LogP contribution in [0.4, 0.5) is 5.69 Å². The van der Waals surface area contributed by atoms with E-state index in [1.54, 1.807) is 6.07 Å². The van der Waals surface area contributed by atoms with Gasteiger partial charge in [-0.3, -0.25) is 15.2 Å². The maximum Gasteiger partial charge on any atom is 0.317 e. The number of aryl methyl sites for hydroxylation is 1. The molecule has 0 aliphatic heterocycles. The number of aromatic amines is 2. The predicted octanol–water partition coefficient (Wildman–Crippen LogP) is 2.82. The number of halogens is 1. The summed E-state index contributed by atoms with van der Waals surface area (Å²) in [4.78, 5) is 17.6. The van der Waals surface area contributed by atoms with Crippen molar-refractivity contribution in [3.8, 4) is 11.5 Å². The molecule has 19 heavy (non-hydrogen) atoms. The molecule has 96 valence electrons. The number of hydrogen-bond acceptors (Lipinski definition) is 4. The van der Waals surface area contributed by atoms with Gasteiger partial charge >= 0.3 is 5.69 Å². The highest BCUT2D eigenvalue weighted by Gasteiger charge is 2.21. The number of H-pyrrole nitrogens is 2. The van der Waals surface area contributed by atoms with Gasteiger partial charge in [0.15, 0.2) is 5.82 Å². The van der Waals surface area contributed by atoms with Crippen LogP contribution in [0.2, 0.25) is 5.02 Å². The van der Waals surface area contributed by atoms with Gasteiger partial charge < -0.3 is 4.98 Å². The lowest BCUT2D eigenvalue weighted by atomic mass is 10.2. The molecule has 8 heteroatoms. The molecule has 0 fully saturated rings. The molecular formula is C11H8ClN5O2. The molecule has 0 spiro atoms. The second-order valence-corrected chi connectivity index (χ2v) is 4.49. The normalized spacial score (nSPS) is 11.1. The maximum absolute atomic E-state index is 10.9. The Bertz CT molecular complexity index is 753. The molecule has 2 N–H and O–H groups in total. The van der Waals surface area contributed by atoms with Crippen molar-refractivity contribution in [2.24, 2.45) is 0 Å². The molecule has 3 aromatic rings. The van der Waals surface area contributed by atoms with Crippen LogP contribution >= 0.6 is 11.6 Å². The fourth-order valence-corrected chi connectivity index (χ4v) is 2.01. The molecular weight excluding hydrogens is 270 g/mol. The minimum Gasteiger partial charge on any atom is -0.336 e. The monoisotopic (exact) mass is 277 g/mol. The van der Waals surface area contributed by atoms with Gasteiger partial charge in [-0.1, -0.05) is 11.6 Å². The molecule has 0 aliphatic carbocycles. The summed E-state index contributed by atoms with van der Waals surface area (Å²) in [6.45, 7) is 1.87. The zero-order valence-corrected chi connectivity index (χ0v) is 10.5. The summed E-state index contributed by atoms with van der Waals surface area (Å²) in [5, 5.41) is 17.8. The largest absolute Gasteiger partial charge is 0.336 e. The molecule has 2 heterocycles. The first-order chi connectivity index (χ1) is 9.06. The van der Waals surface area contributed by atoms with Crippen LogP contribution in [0.25, 0.3) is 22.6 Å². The van der Waals surface area contributed by atoms with E-state index in [1.807, 2.05) is 13.0 Å². The first kappa shape index (κ1) is 11.7. The van der Waals surface area contributed by atoms with Gasteiger partial charge in [0.1, 0.15) is 6.20 Å². The molecule has 0 radical (unpaired) electrons. The van der Waals surface area contributed by atoms with Crippen molar-refractivity contribution in [3.63, 3.8) is 0 Å². The number of nitro groups is 1. The Morgan fingerprint density at radius 1 is 1.42 bits per heavy atom. The van der Waals surface area contributed by atoms with Crippen LogP contribution in [-0.4, -0.2) is 25.1 Å². The van der Waals surface area contributed by atoms with Crippen LogP contribution in [0.15, 0.2) is 18.3 Å². The van der Waals surface area contributed by atoms with Crippen molar-refractivity contribution in [3.05, 3.63) is 39.0 Å². The van der Waals surface area contributed by atoms with Gasteiger partial charge in [0.05, 0.1) is 16.0 Å². The summed E-state index contributed by atoms with van der Waals surface area (Å²) >= 11 is 6.02. The second kappa shape index (κ2) is 4.06. The zero-order valence-electron chi connectivity index (χ0n) is 9.77. The third-order valence-corrected chi connectivity index (χ3v) is 3.21. The van der Waals surface area contributed by atoms with Gasteiger partial charge in [-0.25, -0.2) is 4.98 Å². The second-order valence-electron chi connectivity index (χ2n) is 4.08. The predicted molar refractivity (Wildman–Crippen MR) is 70.1 cm³/mol. The van der Waals surface area contributed by atoms with Crippen LogP contribution in [0.3, 0.4) is 0 Å². The highest BCUT2D eigenvalue weighted by atomic mass is 35.5. The van der Waals surface area contributed by atoms with E-state index in [-0.39, 0.29) is 11.4 Å². The quantitative estimate of drug-likeness (QED) is 0.555. The molecule has 7 nitrogen and oxygen atoms in total. The number of benzene rings is 1. The Hall–Kier alpha value is -2.41. The molecule has 0 amide bonds. The van der Waals surface area contributed by atoms with Crippen molar-refractivity contribution < 1.29 is 4.92 Å². The highest BCUT2D eigenvalue weighted by molar-refractivity contribution is 6.32. The van der Waals surface area contributed by atoms with Crippen LogP contribution in [0, 0.1) is 17.0 Å². The summed E-state index contributed by atoms with van der Waals surface area (Å²) in [6.07, 6.45) is 1.22. The van der Waals surface area contributed by atoms with E-state index in [4.69, 9.17) is 11.6 Å². The number of aromatic nitrogens is 4. The molecule has 0 atom stereocenters. The first-order valence-corrected chi connectivity index (χ1v) is 5.78. The minimum absolute atomic E-state index is 0.123. The lowest BCUT2D eigenvalue weighted by Gasteiger charge is -1.95. The Balaban J connectivity index is 2.21. The third-order valence-electron chi connectivity index (χ3n) is 2.80. The van der Waals surface area contributed by atoms with E-state index in [0.29, 0.717) is 16.4 Å². The molecule has 1 aromatic carbocycles. The van der Waals surface area contributed by atoms with E-state index in [2.05, 4.69) is 20.2 Å². The van der Waals surface area contributed by atoms with E-state index < -0.39 is 4.92 Å². The molecule has 0 saturated carbocycles. The van der Waals surface area contributed by atoms with E-state index in [9.17, 15) is 10.1 Å². The fourth-order valence-electron chi connectivity index (χ4n) is 1.85. The van der Waals surface area contributed by atoms with Gasteiger partial charge in [-0.15, -0.1) is 0 Å². The van der Waals surface area contributed by atoms with E-state index in [0.717, 1.165) is 11.1 Å². The standard InChI is InChI=1S/C11H8ClN5O2/c1-5-2-7-8(3-6(5)12)15-11(14-7)10-9(17(18)19)4-13-16-10/h2-4H,1H3,(H,13,16)(H,14,15). The number of nitrogens with one attached hydrogen (secondary N) is 2. The summed E-state index contributed by atoms with van der Waals surface area (Å²) in [7, 11) is 0. The minimum atomic E-state index is -0.510. The van der Waals surface area contributed by atoms with Crippen molar-refractivity contribution in [2.75, 3.05) is 0 Å². The maximum atomic E-state index is 10.9. The molecule has 0 bridgehead atoms. The van der Waals surface area contributed by atoms with E-state index in [1.165, 1.54) is 6.20 Å². The topological polar surface area (TPSA) is 100 Å². The smallest absolute Gasteiger partial charge is 0.317 e. The SMILES string of the molecule is Cc1cc2[nH]c(-c3n[nH]cc3[N+](=O)[O-])nc2cc1Cl. The van der Waals surface area contributed by atoms with Gasteiger partial charge in [0.2, 0.25) is 5.69 Å².